The summed E-state index contributed by atoms with van der Waals surface area (Å²) in [4.78, 5) is 0. The van der Waals surface area contributed by atoms with Crippen LogP contribution in [-0.2, 0) is 10.9 Å². The highest BCUT2D eigenvalue weighted by Gasteiger charge is 2.02. The minimum atomic E-state index is -2.77. The smallest absolute Gasteiger partial charge is 0.208 e. The van der Waals surface area contributed by atoms with Crippen molar-refractivity contribution in [1.29, 1.82) is 0 Å². The van der Waals surface area contributed by atoms with Gasteiger partial charge in [0.25, 0.3) is 0 Å². The number of benzene rings is 1. The molecule has 1 aromatic rings. The normalized spacial score (nSPS) is 10.0. The summed E-state index contributed by atoms with van der Waals surface area (Å²) >= 11 is 5.35. The van der Waals surface area contributed by atoms with E-state index in [2.05, 4.69) is 6.07 Å². The minimum absolute atomic E-state index is 0.324. The van der Waals surface area contributed by atoms with E-state index in [-0.39, 0.29) is 0 Å². The van der Waals surface area contributed by atoms with Crippen LogP contribution in [0.1, 0.15) is 0 Å². The third-order valence-corrected chi connectivity index (χ3v) is 2.09. The van der Waals surface area contributed by atoms with E-state index in [0.717, 1.165) is 0 Å². The number of hydrogen-bond acceptors (Lipinski definition) is 2. The highest BCUT2D eigenvalue weighted by Crippen LogP contribution is 2.13. The first kappa shape index (κ1) is 8.36. The summed E-state index contributed by atoms with van der Waals surface area (Å²) in [5.41, 5.74) is 0.324. The summed E-state index contributed by atoms with van der Waals surface area (Å²) < 4.78 is 21.2. The van der Waals surface area contributed by atoms with Crippen LogP contribution in [0.3, 0.4) is 0 Å². The molecule has 1 radical (unpaired) electrons. The topological polar surface area (TPSA) is 37.4 Å². The van der Waals surface area contributed by atoms with Crippen LogP contribution in [0.25, 0.3) is 0 Å². The summed E-state index contributed by atoms with van der Waals surface area (Å²) in [6.07, 6.45) is 0. The molecule has 1 rings (SSSR count). The number of nitrogens with zero attached hydrogens (tertiary/aromatic N) is 1. The van der Waals surface area contributed by atoms with Crippen molar-refractivity contribution < 1.29 is 8.42 Å². The van der Waals surface area contributed by atoms with E-state index in [1.54, 1.807) is 24.3 Å². The van der Waals surface area contributed by atoms with Crippen molar-refractivity contribution in [3.8, 4) is 0 Å². The summed E-state index contributed by atoms with van der Waals surface area (Å²) in [6.45, 7) is 0. The van der Waals surface area contributed by atoms with Gasteiger partial charge < -0.3 is 0 Å². The van der Waals surface area contributed by atoms with Crippen LogP contribution >= 0.6 is 11.8 Å². The van der Waals surface area contributed by atoms with Crippen LogP contribution in [0.4, 0.5) is 5.69 Å². The highest BCUT2D eigenvalue weighted by atomic mass is 35.5. The first-order valence-electron chi connectivity index (χ1n) is 2.79. The lowest BCUT2D eigenvalue weighted by atomic mass is 10.3. The zero-order chi connectivity index (χ0) is 8.27. The lowest BCUT2D eigenvalue weighted by Gasteiger charge is -2.04. The van der Waals surface area contributed by atoms with Crippen LogP contribution in [-0.4, -0.2) is 8.42 Å². The van der Waals surface area contributed by atoms with E-state index < -0.39 is 10.9 Å². The lowest BCUT2D eigenvalue weighted by molar-refractivity contribution is 0.616. The third kappa shape index (κ3) is 2.10. The molecule has 0 fully saturated rings. The first-order chi connectivity index (χ1) is 5.22. The van der Waals surface area contributed by atoms with Crippen molar-refractivity contribution in [2.45, 2.75) is 0 Å². The molecule has 5 heteroatoms. The standard InChI is InChI=1S/C6H5ClNO2S/c7-8(11(9)10)6-4-2-1-3-5-6/h1-4,11H. The number of thiol groups is 1. The van der Waals surface area contributed by atoms with E-state index in [1.807, 2.05) is 0 Å². The molecule has 0 aromatic heterocycles. The second-order valence-corrected chi connectivity index (χ2v) is 3.20. The van der Waals surface area contributed by atoms with E-state index in [4.69, 9.17) is 11.8 Å². The van der Waals surface area contributed by atoms with Gasteiger partial charge in [-0.3, -0.25) is 0 Å². The second-order valence-electron chi connectivity index (χ2n) is 1.75. The monoisotopic (exact) mass is 190 g/mol. The van der Waals surface area contributed by atoms with Gasteiger partial charge in [-0.1, -0.05) is 18.2 Å². The molecule has 0 spiro atoms. The van der Waals surface area contributed by atoms with E-state index in [0.29, 0.717) is 9.51 Å². The molecule has 0 N–H and O–H groups in total. The maximum absolute atomic E-state index is 10.3. The van der Waals surface area contributed by atoms with Gasteiger partial charge in [-0.2, -0.15) is 3.82 Å². The summed E-state index contributed by atoms with van der Waals surface area (Å²) in [5, 5.41) is 0. The SMILES string of the molecule is O=[SH](=O)N(Cl)c1[c]cccc1. The zero-order valence-corrected chi connectivity index (χ0v) is 7.05. The van der Waals surface area contributed by atoms with Gasteiger partial charge >= 0.3 is 0 Å². The first-order valence-corrected chi connectivity index (χ1v) is 4.25. The zero-order valence-electron chi connectivity index (χ0n) is 5.40. The Hall–Kier alpha value is -0.740. The van der Waals surface area contributed by atoms with Crippen molar-refractivity contribution >= 4 is 28.4 Å². The molecule has 0 aliphatic rings. The fraction of sp³-hybridized carbons (Fsp3) is 0. The predicted octanol–water partition coefficient (Wildman–Crippen LogP) is 0.973. The van der Waals surface area contributed by atoms with Gasteiger partial charge in [0, 0.05) is 17.8 Å². The Balaban J connectivity index is 2.94. The molecule has 0 bridgehead atoms. The third-order valence-electron chi connectivity index (χ3n) is 1.03. The van der Waals surface area contributed by atoms with Gasteiger partial charge in [-0.15, -0.1) is 0 Å². The number of hydrogen-bond donors (Lipinski definition) is 1. The molecule has 0 amide bonds. The summed E-state index contributed by atoms with van der Waals surface area (Å²) in [6, 6.07) is 9.21. The van der Waals surface area contributed by atoms with Crippen LogP contribution in [0.15, 0.2) is 24.3 Å². The Labute approximate surface area is 71.4 Å². The molecule has 0 aliphatic heterocycles. The van der Waals surface area contributed by atoms with Crippen LogP contribution in [0, 0.1) is 6.07 Å². The average Bonchev–Trinajstić information content (AvgIpc) is 2.05. The van der Waals surface area contributed by atoms with Gasteiger partial charge in [0.1, 0.15) is 0 Å². The predicted molar refractivity (Wildman–Crippen MR) is 43.9 cm³/mol. The molecule has 3 nitrogen and oxygen atoms in total. The molecule has 59 valence electrons. The van der Waals surface area contributed by atoms with Gasteiger partial charge in [0.15, 0.2) is 0 Å². The van der Waals surface area contributed by atoms with Gasteiger partial charge in [0.2, 0.25) is 10.9 Å². The molecule has 0 saturated carbocycles. The molecule has 0 atom stereocenters. The molecule has 0 saturated heterocycles. The Bertz CT molecular complexity index is 291. The van der Waals surface area contributed by atoms with Crippen molar-refractivity contribution in [1.82, 2.24) is 0 Å². The van der Waals surface area contributed by atoms with Crippen LogP contribution in [0.5, 0.6) is 0 Å². The van der Waals surface area contributed by atoms with Gasteiger partial charge in [-0.25, -0.2) is 8.42 Å². The molecule has 1 aromatic carbocycles. The van der Waals surface area contributed by atoms with Crippen LogP contribution < -0.4 is 3.82 Å². The summed E-state index contributed by atoms with van der Waals surface area (Å²) in [5.74, 6) is 0. The molecule has 0 aliphatic carbocycles. The fourth-order valence-corrected chi connectivity index (χ4v) is 0.992. The largest absolute Gasteiger partial charge is 0.238 e. The highest BCUT2D eigenvalue weighted by molar-refractivity contribution is 7.75. The number of para-hydroxylation sites is 1. The average molecular weight is 191 g/mol. The van der Waals surface area contributed by atoms with Crippen molar-refractivity contribution in [2.24, 2.45) is 0 Å². The maximum atomic E-state index is 10.3. The Morgan fingerprint density at radius 3 is 2.64 bits per heavy atom. The molecular formula is C6H5ClNO2S. The molecule has 0 heterocycles. The Kier molecular flexibility index (Phi) is 2.73. The molecule has 0 unspecified atom stereocenters. The summed E-state index contributed by atoms with van der Waals surface area (Å²) in [7, 11) is -2.77. The number of rotatable bonds is 2. The Morgan fingerprint density at radius 2 is 2.18 bits per heavy atom. The second kappa shape index (κ2) is 3.59. The van der Waals surface area contributed by atoms with Crippen molar-refractivity contribution in [2.75, 3.05) is 3.82 Å². The number of halogens is 1. The lowest BCUT2D eigenvalue weighted by Crippen LogP contribution is -2.06. The minimum Gasteiger partial charge on any atom is -0.208 e. The fourth-order valence-electron chi connectivity index (χ4n) is 0.587. The Morgan fingerprint density at radius 1 is 1.45 bits per heavy atom. The van der Waals surface area contributed by atoms with Gasteiger partial charge in [0.05, 0.1) is 5.69 Å². The van der Waals surface area contributed by atoms with Crippen LogP contribution in [0.2, 0.25) is 0 Å². The van der Waals surface area contributed by atoms with Gasteiger partial charge in [-0.05, 0) is 6.07 Å². The van der Waals surface area contributed by atoms with Crippen molar-refractivity contribution in [3.05, 3.63) is 30.3 Å². The van der Waals surface area contributed by atoms with Crippen molar-refractivity contribution in [3.63, 3.8) is 0 Å². The molecular weight excluding hydrogens is 186 g/mol. The number of anilines is 1. The maximum Gasteiger partial charge on any atom is 0.238 e. The van der Waals surface area contributed by atoms with E-state index in [9.17, 15) is 8.42 Å². The quantitative estimate of drug-likeness (QED) is 0.558. The molecule has 11 heavy (non-hydrogen) atoms. The van der Waals surface area contributed by atoms with E-state index >= 15 is 0 Å². The van der Waals surface area contributed by atoms with E-state index in [1.165, 1.54) is 0 Å².